The van der Waals surface area contributed by atoms with Gasteiger partial charge in [0.25, 0.3) is 0 Å². The second-order valence-corrected chi connectivity index (χ2v) is 3.27. The first kappa shape index (κ1) is 13.8. The Morgan fingerprint density at radius 3 is 1.83 bits per heavy atom. The van der Waals surface area contributed by atoms with Gasteiger partial charge in [0, 0.05) is 5.57 Å². The van der Waals surface area contributed by atoms with Gasteiger partial charge in [-0.15, -0.1) is 0 Å². The summed E-state index contributed by atoms with van der Waals surface area (Å²) in [6.45, 7) is 11.3. The third kappa shape index (κ3) is 16.1. The first-order chi connectivity index (χ1) is 5.41. The Morgan fingerprint density at radius 2 is 1.83 bits per heavy atom. The fourth-order valence-electron chi connectivity index (χ4n) is 0.577. The summed E-state index contributed by atoms with van der Waals surface area (Å²) < 4.78 is 0. The van der Waals surface area contributed by atoms with Gasteiger partial charge < -0.3 is 5.11 Å². The van der Waals surface area contributed by atoms with E-state index >= 15 is 0 Å². The summed E-state index contributed by atoms with van der Waals surface area (Å²) in [6.07, 6.45) is 2.71. The Bertz CT molecular complexity index is 125. The number of rotatable bonds is 3. The Labute approximate surface area is 75.3 Å². The highest BCUT2D eigenvalue weighted by molar-refractivity contribution is 5.84. The van der Waals surface area contributed by atoms with Crippen molar-refractivity contribution in [2.24, 2.45) is 5.92 Å². The average Bonchev–Trinajstić information content (AvgIpc) is 1.87. The molecule has 0 unspecified atom stereocenters. The quantitative estimate of drug-likeness (QED) is 0.664. The van der Waals surface area contributed by atoms with Crippen LogP contribution in [-0.4, -0.2) is 11.1 Å². The number of carboxylic acids is 1. The van der Waals surface area contributed by atoms with Crippen LogP contribution in [0.15, 0.2) is 12.2 Å². The third-order valence-corrected chi connectivity index (χ3v) is 1.23. The highest BCUT2D eigenvalue weighted by Crippen LogP contribution is 2.00. The maximum absolute atomic E-state index is 9.60. The molecule has 0 saturated heterocycles. The van der Waals surface area contributed by atoms with Gasteiger partial charge in [-0.2, -0.15) is 0 Å². The molecule has 2 nitrogen and oxygen atoms in total. The molecule has 0 amide bonds. The fourth-order valence-corrected chi connectivity index (χ4v) is 0.577. The summed E-state index contributed by atoms with van der Waals surface area (Å²) >= 11 is 0. The summed E-state index contributed by atoms with van der Waals surface area (Å²) in [5, 5.41) is 7.89. The van der Waals surface area contributed by atoms with Crippen LogP contribution in [0.25, 0.3) is 0 Å². The van der Waals surface area contributed by atoms with Gasteiger partial charge in [0.1, 0.15) is 0 Å². The summed E-state index contributed by atoms with van der Waals surface area (Å²) in [6, 6.07) is 0. The standard InChI is InChI=1S/C6H14.C4H6O2/c1-4-5-6(2)3;1-3(2)4(5)6/h6H,4-5H2,1-3H3;1H2,2H3,(H,5,6). The van der Waals surface area contributed by atoms with Gasteiger partial charge in [0.2, 0.25) is 0 Å². The normalized spacial score (nSPS) is 8.75. The van der Waals surface area contributed by atoms with Gasteiger partial charge in [0.05, 0.1) is 0 Å². The molecule has 72 valence electrons. The van der Waals surface area contributed by atoms with Crippen LogP contribution >= 0.6 is 0 Å². The molecule has 0 atom stereocenters. The van der Waals surface area contributed by atoms with Crippen LogP contribution in [0, 0.1) is 5.92 Å². The van der Waals surface area contributed by atoms with Crippen molar-refractivity contribution in [3.63, 3.8) is 0 Å². The lowest BCUT2D eigenvalue weighted by Gasteiger charge is -1.95. The molecule has 0 aliphatic heterocycles. The molecule has 2 heteroatoms. The SMILES string of the molecule is C=C(C)C(=O)O.CCCC(C)C. The van der Waals surface area contributed by atoms with E-state index in [2.05, 4.69) is 27.4 Å². The van der Waals surface area contributed by atoms with Gasteiger partial charge >= 0.3 is 5.97 Å². The van der Waals surface area contributed by atoms with E-state index in [1.807, 2.05) is 0 Å². The van der Waals surface area contributed by atoms with E-state index in [-0.39, 0.29) is 5.57 Å². The van der Waals surface area contributed by atoms with Gasteiger partial charge in [0.15, 0.2) is 0 Å². The van der Waals surface area contributed by atoms with Crippen molar-refractivity contribution in [3.05, 3.63) is 12.2 Å². The molecular weight excluding hydrogens is 152 g/mol. The Hall–Kier alpha value is -0.790. The maximum atomic E-state index is 9.60. The lowest BCUT2D eigenvalue weighted by molar-refractivity contribution is -0.132. The summed E-state index contributed by atoms with van der Waals surface area (Å²) in [4.78, 5) is 9.60. The molecule has 0 radical (unpaired) electrons. The van der Waals surface area contributed by atoms with Crippen LogP contribution in [0.5, 0.6) is 0 Å². The zero-order valence-corrected chi connectivity index (χ0v) is 8.55. The highest BCUT2D eigenvalue weighted by Gasteiger charge is 1.90. The molecule has 0 aliphatic carbocycles. The Balaban J connectivity index is 0. The van der Waals surface area contributed by atoms with Crippen LogP contribution in [0.3, 0.4) is 0 Å². The topological polar surface area (TPSA) is 37.3 Å². The lowest BCUT2D eigenvalue weighted by Crippen LogP contribution is -1.92. The lowest BCUT2D eigenvalue weighted by atomic mass is 10.1. The molecule has 12 heavy (non-hydrogen) atoms. The Kier molecular flexibility index (Phi) is 9.54. The van der Waals surface area contributed by atoms with Crippen molar-refractivity contribution in [3.8, 4) is 0 Å². The van der Waals surface area contributed by atoms with Crippen molar-refractivity contribution in [1.82, 2.24) is 0 Å². The van der Waals surface area contributed by atoms with E-state index in [0.29, 0.717) is 0 Å². The predicted molar refractivity (Wildman–Crippen MR) is 52.2 cm³/mol. The average molecular weight is 172 g/mol. The number of aliphatic carboxylic acids is 1. The van der Waals surface area contributed by atoms with Crippen LogP contribution in [-0.2, 0) is 4.79 Å². The number of carboxylic acid groups (broad SMARTS) is 1. The second-order valence-electron chi connectivity index (χ2n) is 3.27. The number of carbonyl (C=O) groups is 1. The van der Waals surface area contributed by atoms with E-state index in [4.69, 9.17) is 5.11 Å². The van der Waals surface area contributed by atoms with E-state index in [1.165, 1.54) is 19.8 Å². The zero-order chi connectivity index (χ0) is 10.1. The molecule has 0 heterocycles. The monoisotopic (exact) mass is 172 g/mol. The van der Waals surface area contributed by atoms with Crippen molar-refractivity contribution < 1.29 is 9.90 Å². The minimum Gasteiger partial charge on any atom is -0.478 e. The molecule has 0 aromatic carbocycles. The largest absolute Gasteiger partial charge is 0.478 e. The molecule has 0 saturated carbocycles. The predicted octanol–water partition coefficient (Wildman–Crippen LogP) is 3.09. The van der Waals surface area contributed by atoms with E-state index in [9.17, 15) is 4.79 Å². The molecule has 0 fully saturated rings. The number of hydrogen-bond donors (Lipinski definition) is 1. The molecular formula is C10H20O2. The molecule has 0 aliphatic rings. The van der Waals surface area contributed by atoms with Crippen molar-refractivity contribution in [1.29, 1.82) is 0 Å². The minimum atomic E-state index is -0.935. The summed E-state index contributed by atoms with van der Waals surface area (Å²) in [5.41, 5.74) is 0.176. The van der Waals surface area contributed by atoms with Crippen LogP contribution < -0.4 is 0 Å². The third-order valence-electron chi connectivity index (χ3n) is 1.23. The maximum Gasteiger partial charge on any atom is 0.330 e. The van der Waals surface area contributed by atoms with Gasteiger partial charge in [-0.25, -0.2) is 4.79 Å². The number of hydrogen-bond acceptors (Lipinski definition) is 1. The summed E-state index contributed by atoms with van der Waals surface area (Å²) in [7, 11) is 0. The Morgan fingerprint density at radius 1 is 1.50 bits per heavy atom. The molecule has 0 aromatic rings. The minimum absolute atomic E-state index is 0.176. The fraction of sp³-hybridized carbons (Fsp3) is 0.700. The van der Waals surface area contributed by atoms with Crippen molar-refractivity contribution in [2.45, 2.75) is 40.5 Å². The molecule has 0 bridgehead atoms. The zero-order valence-electron chi connectivity index (χ0n) is 8.55. The van der Waals surface area contributed by atoms with Crippen molar-refractivity contribution >= 4 is 5.97 Å². The first-order valence-corrected chi connectivity index (χ1v) is 4.30. The molecule has 1 N–H and O–H groups in total. The van der Waals surface area contributed by atoms with Gasteiger partial charge in [-0.05, 0) is 12.8 Å². The summed E-state index contributed by atoms with van der Waals surface area (Å²) in [5.74, 6) is -0.0370. The van der Waals surface area contributed by atoms with Crippen LogP contribution in [0.1, 0.15) is 40.5 Å². The molecule has 0 spiro atoms. The molecule has 0 rings (SSSR count). The van der Waals surface area contributed by atoms with E-state index in [0.717, 1.165) is 5.92 Å². The second kappa shape index (κ2) is 8.31. The van der Waals surface area contributed by atoms with Crippen molar-refractivity contribution in [2.75, 3.05) is 0 Å². The smallest absolute Gasteiger partial charge is 0.330 e. The van der Waals surface area contributed by atoms with E-state index < -0.39 is 5.97 Å². The molecule has 0 aromatic heterocycles. The van der Waals surface area contributed by atoms with Crippen LogP contribution in [0.2, 0.25) is 0 Å². The highest BCUT2D eigenvalue weighted by atomic mass is 16.4. The van der Waals surface area contributed by atoms with Gasteiger partial charge in [-0.1, -0.05) is 40.2 Å². The first-order valence-electron chi connectivity index (χ1n) is 4.30. The van der Waals surface area contributed by atoms with E-state index in [1.54, 1.807) is 0 Å². The van der Waals surface area contributed by atoms with Crippen LogP contribution in [0.4, 0.5) is 0 Å². The van der Waals surface area contributed by atoms with Gasteiger partial charge in [-0.3, -0.25) is 0 Å².